The van der Waals surface area contributed by atoms with Gasteiger partial charge in [0.1, 0.15) is 0 Å². The van der Waals surface area contributed by atoms with Crippen LogP contribution in [0, 0.1) is 5.41 Å². The Hall–Kier alpha value is -0.920. The van der Waals surface area contributed by atoms with Crippen LogP contribution in [0.5, 0.6) is 0 Å². The molecule has 0 saturated carbocycles. The molecule has 0 aliphatic rings. The van der Waals surface area contributed by atoms with Crippen LogP contribution >= 0.6 is 15.9 Å². The fourth-order valence-corrected chi connectivity index (χ4v) is 4.10. The van der Waals surface area contributed by atoms with Crippen molar-refractivity contribution in [1.82, 2.24) is 4.31 Å². The van der Waals surface area contributed by atoms with Gasteiger partial charge >= 0.3 is 5.97 Å². The third-order valence-electron chi connectivity index (χ3n) is 2.56. The molecule has 1 aromatic rings. The van der Waals surface area contributed by atoms with Crippen molar-refractivity contribution in [3.63, 3.8) is 0 Å². The molecule has 0 radical (unpaired) electrons. The second-order valence-electron chi connectivity index (χ2n) is 5.77. The van der Waals surface area contributed by atoms with Crippen LogP contribution in [-0.2, 0) is 10.0 Å². The van der Waals surface area contributed by atoms with E-state index >= 15 is 0 Å². The summed E-state index contributed by atoms with van der Waals surface area (Å²) in [6.07, 6.45) is 0. The zero-order chi connectivity index (χ0) is 15.7. The highest BCUT2D eigenvalue weighted by molar-refractivity contribution is 9.10. The molecule has 1 N–H and O–H groups in total. The lowest BCUT2D eigenvalue weighted by molar-refractivity contribution is 0.0696. The summed E-state index contributed by atoms with van der Waals surface area (Å²) in [7, 11) is -2.25. The average molecular weight is 364 g/mol. The van der Waals surface area contributed by atoms with Crippen molar-refractivity contribution in [2.24, 2.45) is 5.41 Å². The minimum atomic E-state index is -3.74. The number of carbonyl (C=O) groups is 1. The second-order valence-corrected chi connectivity index (χ2v) is 8.64. The molecule has 0 bridgehead atoms. The summed E-state index contributed by atoms with van der Waals surface area (Å²) in [5.74, 6) is -1.16. The predicted octanol–water partition coefficient (Wildman–Crippen LogP) is 2.81. The molecule has 7 heteroatoms. The molecule has 0 unspecified atom stereocenters. The predicted molar refractivity (Wildman–Crippen MR) is 80.4 cm³/mol. The minimum Gasteiger partial charge on any atom is -0.478 e. The van der Waals surface area contributed by atoms with Gasteiger partial charge in [-0.2, -0.15) is 0 Å². The van der Waals surface area contributed by atoms with Gasteiger partial charge in [0.05, 0.1) is 10.5 Å². The molecule has 1 aromatic carbocycles. The molecule has 0 atom stereocenters. The molecule has 0 aromatic heterocycles. The Bertz CT molecular complexity index is 620. The van der Waals surface area contributed by atoms with E-state index in [0.717, 1.165) is 0 Å². The first-order chi connectivity index (χ1) is 8.95. The van der Waals surface area contributed by atoms with Crippen molar-refractivity contribution in [3.8, 4) is 0 Å². The molecule has 0 heterocycles. The standard InChI is InChI=1S/C13H18BrNO4S/c1-13(2,3)8-15(4)20(18,19)11-7-9(12(16)17)5-6-10(11)14/h5-7H,8H2,1-4H3,(H,16,17). The van der Waals surface area contributed by atoms with E-state index in [9.17, 15) is 13.2 Å². The summed E-state index contributed by atoms with van der Waals surface area (Å²) in [6.45, 7) is 6.13. The fourth-order valence-electron chi connectivity index (χ4n) is 1.75. The van der Waals surface area contributed by atoms with Gasteiger partial charge in [-0.3, -0.25) is 0 Å². The lowest BCUT2D eigenvalue weighted by Crippen LogP contribution is -2.34. The molecule has 0 amide bonds. The van der Waals surface area contributed by atoms with Crippen LogP contribution in [0.2, 0.25) is 0 Å². The van der Waals surface area contributed by atoms with Gasteiger partial charge < -0.3 is 5.11 Å². The van der Waals surface area contributed by atoms with Crippen molar-refractivity contribution < 1.29 is 18.3 Å². The number of hydrogen-bond acceptors (Lipinski definition) is 3. The third-order valence-corrected chi connectivity index (χ3v) is 5.36. The third kappa shape index (κ3) is 4.04. The van der Waals surface area contributed by atoms with Crippen molar-refractivity contribution in [1.29, 1.82) is 0 Å². The van der Waals surface area contributed by atoms with Gasteiger partial charge in [-0.15, -0.1) is 0 Å². The van der Waals surface area contributed by atoms with E-state index < -0.39 is 16.0 Å². The number of carboxylic acid groups (broad SMARTS) is 1. The van der Waals surface area contributed by atoms with Crippen LogP contribution in [0.3, 0.4) is 0 Å². The Labute approximate surface area is 127 Å². The number of carboxylic acids is 1. The highest BCUT2D eigenvalue weighted by Crippen LogP contribution is 2.27. The topological polar surface area (TPSA) is 74.7 Å². The quantitative estimate of drug-likeness (QED) is 0.892. The molecule has 112 valence electrons. The summed E-state index contributed by atoms with van der Waals surface area (Å²) < 4.78 is 26.6. The van der Waals surface area contributed by atoms with E-state index in [2.05, 4.69) is 15.9 Å². The lowest BCUT2D eigenvalue weighted by atomic mass is 9.97. The molecule has 1 rings (SSSR count). The van der Waals surface area contributed by atoms with Crippen molar-refractivity contribution in [2.45, 2.75) is 25.7 Å². The van der Waals surface area contributed by atoms with Gasteiger partial charge in [-0.1, -0.05) is 20.8 Å². The molecule has 0 saturated heterocycles. The number of aromatic carboxylic acids is 1. The molecular formula is C13H18BrNO4S. The van der Waals surface area contributed by atoms with Gasteiger partial charge in [-0.05, 0) is 39.5 Å². The monoisotopic (exact) mass is 363 g/mol. The molecular weight excluding hydrogens is 346 g/mol. The number of nitrogens with zero attached hydrogens (tertiary/aromatic N) is 1. The van der Waals surface area contributed by atoms with Crippen LogP contribution in [-0.4, -0.2) is 37.4 Å². The van der Waals surface area contributed by atoms with Crippen molar-refractivity contribution >= 4 is 31.9 Å². The molecule has 0 spiro atoms. The number of sulfonamides is 1. The second kappa shape index (κ2) is 5.83. The van der Waals surface area contributed by atoms with Gasteiger partial charge in [-0.25, -0.2) is 17.5 Å². The minimum absolute atomic E-state index is 0.0378. The van der Waals surface area contributed by atoms with E-state index in [1.165, 1.54) is 29.6 Å². The number of benzene rings is 1. The Morgan fingerprint density at radius 3 is 2.35 bits per heavy atom. The van der Waals surface area contributed by atoms with Crippen LogP contribution in [0.15, 0.2) is 27.6 Å². The SMILES string of the molecule is CN(CC(C)(C)C)S(=O)(=O)c1cc(C(=O)O)ccc1Br. The number of hydrogen-bond donors (Lipinski definition) is 1. The number of rotatable bonds is 4. The zero-order valence-corrected chi connectivity index (χ0v) is 14.2. The van der Waals surface area contributed by atoms with Crippen LogP contribution in [0.4, 0.5) is 0 Å². The maximum atomic E-state index is 12.5. The lowest BCUT2D eigenvalue weighted by Gasteiger charge is -2.26. The summed E-state index contributed by atoms with van der Waals surface area (Å²) in [6, 6.07) is 3.96. The summed E-state index contributed by atoms with van der Waals surface area (Å²) in [5, 5.41) is 8.97. The Balaban J connectivity index is 3.28. The van der Waals surface area contributed by atoms with E-state index in [0.29, 0.717) is 11.0 Å². The van der Waals surface area contributed by atoms with Gasteiger partial charge in [0, 0.05) is 18.1 Å². The molecule has 0 fully saturated rings. The highest BCUT2D eigenvalue weighted by Gasteiger charge is 2.27. The summed E-state index contributed by atoms with van der Waals surface area (Å²) >= 11 is 3.16. The Morgan fingerprint density at radius 1 is 1.35 bits per heavy atom. The van der Waals surface area contributed by atoms with Gasteiger partial charge in [0.2, 0.25) is 10.0 Å². The van der Waals surface area contributed by atoms with Gasteiger partial charge in [0.15, 0.2) is 0 Å². The normalized spacial score (nSPS) is 12.7. The number of halogens is 1. The average Bonchev–Trinajstić information content (AvgIpc) is 2.26. The smallest absolute Gasteiger partial charge is 0.335 e. The van der Waals surface area contributed by atoms with Crippen molar-refractivity contribution in [2.75, 3.05) is 13.6 Å². The van der Waals surface area contributed by atoms with E-state index in [1.54, 1.807) is 0 Å². The van der Waals surface area contributed by atoms with Crippen LogP contribution in [0.1, 0.15) is 31.1 Å². The van der Waals surface area contributed by atoms with Crippen LogP contribution in [0.25, 0.3) is 0 Å². The summed E-state index contributed by atoms with van der Waals surface area (Å²) in [4.78, 5) is 10.9. The maximum Gasteiger partial charge on any atom is 0.335 e. The van der Waals surface area contributed by atoms with Crippen LogP contribution < -0.4 is 0 Å². The van der Waals surface area contributed by atoms with E-state index in [4.69, 9.17) is 5.11 Å². The molecule has 5 nitrogen and oxygen atoms in total. The van der Waals surface area contributed by atoms with E-state index in [1.807, 2.05) is 20.8 Å². The largest absolute Gasteiger partial charge is 0.478 e. The first-order valence-corrected chi connectivity index (χ1v) is 8.17. The molecule has 0 aliphatic carbocycles. The molecule has 0 aliphatic heterocycles. The van der Waals surface area contributed by atoms with Crippen molar-refractivity contribution in [3.05, 3.63) is 28.2 Å². The first kappa shape index (κ1) is 17.1. The first-order valence-electron chi connectivity index (χ1n) is 5.94. The zero-order valence-electron chi connectivity index (χ0n) is 11.8. The Kier molecular flexibility index (Phi) is 4.99. The highest BCUT2D eigenvalue weighted by atomic mass is 79.9. The maximum absolute atomic E-state index is 12.5. The molecule has 20 heavy (non-hydrogen) atoms. The summed E-state index contributed by atoms with van der Waals surface area (Å²) in [5.41, 5.74) is -0.255. The fraction of sp³-hybridized carbons (Fsp3) is 0.462. The van der Waals surface area contributed by atoms with E-state index in [-0.39, 0.29) is 15.9 Å². The van der Waals surface area contributed by atoms with Gasteiger partial charge in [0.25, 0.3) is 0 Å². The Morgan fingerprint density at radius 2 is 1.90 bits per heavy atom.